The molecule has 0 atom stereocenters. The first-order valence-corrected chi connectivity index (χ1v) is 10.7. The van der Waals surface area contributed by atoms with Crippen LogP contribution in [0.25, 0.3) is 0 Å². The van der Waals surface area contributed by atoms with Gasteiger partial charge in [0.05, 0.1) is 0 Å². The second-order valence-electron chi connectivity index (χ2n) is 8.14. The molecule has 3 aromatic rings. The Kier molecular flexibility index (Phi) is 6.30. The number of halogens is 1. The number of aryl methyl sites for hydroxylation is 1. The molecule has 1 amide bonds. The Morgan fingerprint density at radius 2 is 1.79 bits per heavy atom. The average Bonchev–Trinajstić information content (AvgIpc) is 2.83. The van der Waals surface area contributed by atoms with Crippen molar-refractivity contribution < 1.29 is 14.3 Å². The highest BCUT2D eigenvalue weighted by Gasteiger charge is 2.25. The summed E-state index contributed by atoms with van der Waals surface area (Å²) in [6.07, 6.45) is 0. The van der Waals surface area contributed by atoms with Crippen LogP contribution in [0.3, 0.4) is 0 Å². The summed E-state index contributed by atoms with van der Waals surface area (Å²) in [5, 5.41) is 10.2. The van der Waals surface area contributed by atoms with Gasteiger partial charge in [0.15, 0.2) is 5.69 Å². The van der Waals surface area contributed by atoms with Gasteiger partial charge in [0.1, 0.15) is 5.82 Å². The van der Waals surface area contributed by atoms with Crippen molar-refractivity contribution in [3.63, 3.8) is 0 Å². The number of nitrogens with zero attached hydrogens (tertiary/aromatic N) is 4. The smallest absolute Gasteiger partial charge is 0.295 e. The van der Waals surface area contributed by atoms with Gasteiger partial charge in [-0.1, -0.05) is 30.3 Å². The normalized spacial score (nSPS) is 13.8. The second kappa shape index (κ2) is 9.32. The number of aromatic amines is 1. The molecule has 172 valence electrons. The number of hydrogen-bond acceptors (Lipinski definition) is 6. The third kappa shape index (κ3) is 4.82. The van der Waals surface area contributed by atoms with Crippen LogP contribution in [0.15, 0.2) is 53.3 Å². The molecule has 0 radical (unpaired) electrons. The van der Waals surface area contributed by atoms with Crippen molar-refractivity contribution >= 4 is 17.5 Å². The Morgan fingerprint density at radius 3 is 2.45 bits per heavy atom. The molecule has 0 unspecified atom stereocenters. The predicted molar refractivity (Wildman–Crippen MR) is 124 cm³/mol. The lowest BCUT2D eigenvalue weighted by Crippen LogP contribution is -2.47. The molecule has 2 N–H and O–H groups in total. The zero-order valence-corrected chi connectivity index (χ0v) is 18.6. The molecule has 33 heavy (non-hydrogen) atoms. The fourth-order valence-corrected chi connectivity index (χ4v) is 3.90. The third-order valence-corrected chi connectivity index (χ3v) is 5.77. The van der Waals surface area contributed by atoms with Crippen molar-refractivity contribution in [2.75, 3.05) is 43.0 Å². The number of hydrogen-bond donors (Lipinski definition) is 2. The number of anilines is 2. The number of aromatic nitrogens is 2. The highest BCUT2D eigenvalue weighted by atomic mass is 19.1. The third-order valence-electron chi connectivity index (χ3n) is 5.77. The standard InChI is InChI=1S/C24H26FN5O3/c1-16-14-17(8-9-19(16)25)15-28(2)23(33)20-21(31)22(32)27-24(26-20)30-12-10-29(11-13-30)18-6-4-3-5-7-18/h3-9,14,31H,10-13,15H2,1-2H3,(H,26,27,32). The maximum atomic E-state index is 13.5. The quantitative estimate of drug-likeness (QED) is 0.619. The summed E-state index contributed by atoms with van der Waals surface area (Å²) in [7, 11) is 1.54. The molecular weight excluding hydrogens is 425 g/mol. The molecule has 9 heteroatoms. The monoisotopic (exact) mass is 451 g/mol. The average molecular weight is 452 g/mol. The van der Waals surface area contributed by atoms with E-state index in [4.69, 9.17) is 0 Å². The van der Waals surface area contributed by atoms with Crippen molar-refractivity contribution in [1.29, 1.82) is 0 Å². The van der Waals surface area contributed by atoms with Gasteiger partial charge in [0.25, 0.3) is 11.5 Å². The maximum Gasteiger partial charge on any atom is 0.295 e. The van der Waals surface area contributed by atoms with Crippen molar-refractivity contribution in [2.45, 2.75) is 13.5 Å². The highest BCUT2D eigenvalue weighted by Crippen LogP contribution is 2.20. The van der Waals surface area contributed by atoms with Crippen LogP contribution in [-0.2, 0) is 6.54 Å². The first-order valence-electron chi connectivity index (χ1n) is 10.7. The van der Waals surface area contributed by atoms with Gasteiger partial charge in [0.2, 0.25) is 11.7 Å². The zero-order valence-electron chi connectivity index (χ0n) is 18.6. The van der Waals surface area contributed by atoms with Gasteiger partial charge in [-0.25, -0.2) is 9.37 Å². The lowest BCUT2D eigenvalue weighted by molar-refractivity contribution is 0.0775. The maximum absolute atomic E-state index is 13.5. The molecule has 1 fully saturated rings. The number of H-pyrrole nitrogens is 1. The van der Waals surface area contributed by atoms with Gasteiger partial charge in [-0.2, -0.15) is 0 Å². The second-order valence-corrected chi connectivity index (χ2v) is 8.14. The van der Waals surface area contributed by atoms with E-state index in [1.165, 1.54) is 11.0 Å². The largest absolute Gasteiger partial charge is 0.501 e. The number of piperazine rings is 1. The number of para-hydroxylation sites is 1. The lowest BCUT2D eigenvalue weighted by Gasteiger charge is -2.36. The Morgan fingerprint density at radius 1 is 1.12 bits per heavy atom. The van der Waals surface area contributed by atoms with Crippen LogP contribution in [0, 0.1) is 12.7 Å². The molecular formula is C24H26FN5O3. The fraction of sp³-hybridized carbons (Fsp3) is 0.292. The molecule has 1 aliphatic rings. The van der Waals surface area contributed by atoms with Crippen LogP contribution in [0.5, 0.6) is 5.75 Å². The number of amides is 1. The van der Waals surface area contributed by atoms with Gasteiger partial charge in [-0.3, -0.25) is 14.6 Å². The summed E-state index contributed by atoms with van der Waals surface area (Å²) >= 11 is 0. The summed E-state index contributed by atoms with van der Waals surface area (Å²) in [4.78, 5) is 37.7. The first kappa shape index (κ1) is 22.3. The summed E-state index contributed by atoms with van der Waals surface area (Å²) in [6.45, 7) is 4.47. The molecule has 1 saturated heterocycles. The van der Waals surface area contributed by atoms with Gasteiger partial charge in [-0.05, 0) is 36.2 Å². The molecule has 1 aliphatic heterocycles. The number of carbonyl (C=O) groups is 1. The molecule has 4 rings (SSSR count). The number of carbonyl (C=O) groups excluding carboxylic acids is 1. The Hall–Kier alpha value is -3.88. The van der Waals surface area contributed by atoms with Crippen molar-refractivity contribution in [3.8, 4) is 5.75 Å². The number of aromatic hydroxyl groups is 1. The van der Waals surface area contributed by atoms with Gasteiger partial charge >= 0.3 is 0 Å². The van der Waals surface area contributed by atoms with E-state index >= 15 is 0 Å². The number of nitrogens with one attached hydrogen (secondary N) is 1. The molecule has 0 spiro atoms. The number of benzene rings is 2. The Labute approximate surface area is 190 Å². The van der Waals surface area contributed by atoms with Crippen LogP contribution < -0.4 is 15.4 Å². The fourth-order valence-electron chi connectivity index (χ4n) is 3.90. The topological polar surface area (TPSA) is 92.8 Å². The van der Waals surface area contributed by atoms with Crippen LogP contribution in [0.2, 0.25) is 0 Å². The summed E-state index contributed by atoms with van der Waals surface area (Å²) in [5.41, 5.74) is 1.26. The molecule has 0 bridgehead atoms. The van der Waals surface area contributed by atoms with E-state index in [0.29, 0.717) is 18.7 Å². The van der Waals surface area contributed by atoms with E-state index in [1.54, 1.807) is 26.1 Å². The zero-order chi connectivity index (χ0) is 23.5. The van der Waals surface area contributed by atoms with E-state index in [9.17, 15) is 19.1 Å². The summed E-state index contributed by atoms with van der Waals surface area (Å²) < 4.78 is 13.5. The molecule has 0 saturated carbocycles. The summed E-state index contributed by atoms with van der Waals surface area (Å²) in [6, 6.07) is 14.6. The van der Waals surface area contributed by atoms with Crippen molar-refractivity contribution in [1.82, 2.24) is 14.9 Å². The Balaban J connectivity index is 1.50. The minimum atomic E-state index is -0.764. The van der Waals surface area contributed by atoms with E-state index in [0.717, 1.165) is 24.3 Å². The van der Waals surface area contributed by atoms with Crippen molar-refractivity contribution in [2.24, 2.45) is 0 Å². The van der Waals surface area contributed by atoms with Crippen LogP contribution in [-0.4, -0.2) is 59.1 Å². The lowest BCUT2D eigenvalue weighted by atomic mass is 10.1. The van der Waals surface area contributed by atoms with E-state index in [2.05, 4.69) is 14.9 Å². The van der Waals surface area contributed by atoms with Crippen molar-refractivity contribution in [3.05, 3.63) is 81.5 Å². The SMILES string of the molecule is Cc1cc(CN(C)C(=O)c2nc(N3CCN(c4ccccc4)CC3)[nH]c(=O)c2O)ccc1F. The predicted octanol–water partition coefficient (Wildman–Crippen LogP) is 2.52. The highest BCUT2D eigenvalue weighted by molar-refractivity contribution is 5.94. The van der Waals surface area contributed by atoms with Crippen LogP contribution in [0.1, 0.15) is 21.6 Å². The Bertz CT molecular complexity index is 1210. The molecule has 2 aromatic carbocycles. The van der Waals surface area contributed by atoms with E-state index in [-0.39, 0.29) is 24.0 Å². The molecule has 2 heterocycles. The van der Waals surface area contributed by atoms with Crippen LogP contribution in [0.4, 0.5) is 16.0 Å². The van der Waals surface area contributed by atoms with Gasteiger partial charge in [-0.15, -0.1) is 0 Å². The van der Waals surface area contributed by atoms with Gasteiger partial charge in [0, 0.05) is 45.5 Å². The molecule has 8 nitrogen and oxygen atoms in total. The molecule has 1 aromatic heterocycles. The minimum absolute atomic E-state index is 0.180. The van der Waals surface area contributed by atoms with E-state index in [1.807, 2.05) is 35.2 Å². The molecule has 0 aliphatic carbocycles. The number of rotatable bonds is 5. The van der Waals surface area contributed by atoms with Gasteiger partial charge < -0.3 is 19.8 Å². The first-order chi connectivity index (χ1) is 15.8. The van der Waals surface area contributed by atoms with Crippen LogP contribution >= 0.6 is 0 Å². The minimum Gasteiger partial charge on any atom is -0.501 e. The summed E-state index contributed by atoms with van der Waals surface area (Å²) in [5.74, 6) is -1.38. The van der Waals surface area contributed by atoms with E-state index < -0.39 is 17.2 Å².